The van der Waals surface area contributed by atoms with Gasteiger partial charge < -0.3 is 9.84 Å². The molecule has 1 N–H and O–H groups in total. The number of carbonyl (C=O) groups excluding carboxylic acids is 1. The van der Waals surface area contributed by atoms with Gasteiger partial charge in [0.25, 0.3) is 10.0 Å². The summed E-state index contributed by atoms with van der Waals surface area (Å²) in [6.07, 6.45) is 3.81. The fraction of sp³-hybridized carbons (Fsp3) is 0.250. The fourth-order valence-electron chi connectivity index (χ4n) is 3.02. The average Bonchev–Trinajstić information content (AvgIpc) is 3.13. The molecule has 0 atom stereocenters. The monoisotopic (exact) mass is 453 g/mol. The Morgan fingerprint density at radius 2 is 1.75 bits per heavy atom. The standard InChI is InChI=1S/C24H27N3O4S/c1-6-23(28)25-24-18(4)26-31-22(24)14-10-19-8-12-21(13-9-19)32(29,30)27(5)20-11-7-16(2)17(3)15-20/h7-15H,6H2,1-5H3,(H,25,28)/b14-10-. The van der Waals surface area contributed by atoms with Gasteiger partial charge in [-0.25, -0.2) is 8.42 Å². The molecule has 0 aliphatic heterocycles. The lowest BCUT2D eigenvalue weighted by Crippen LogP contribution is -2.26. The Hall–Kier alpha value is -3.39. The van der Waals surface area contributed by atoms with Crippen LogP contribution in [0.25, 0.3) is 12.2 Å². The summed E-state index contributed by atoms with van der Waals surface area (Å²) in [6, 6.07) is 12.1. The van der Waals surface area contributed by atoms with Gasteiger partial charge in [-0.15, -0.1) is 0 Å². The number of benzene rings is 2. The Balaban J connectivity index is 1.80. The van der Waals surface area contributed by atoms with E-state index in [9.17, 15) is 13.2 Å². The maximum atomic E-state index is 13.0. The van der Waals surface area contributed by atoms with Crippen LogP contribution >= 0.6 is 0 Å². The highest BCUT2D eigenvalue weighted by molar-refractivity contribution is 7.92. The van der Waals surface area contributed by atoms with Crippen LogP contribution in [0.15, 0.2) is 51.9 Å². The summed E-state index contributed by atoms with van der Waals surface area (Å²) in [5, 5.41) is 6.67. The van der Waals surface area contributed by atoms with Crippen LogP contribution < -0.4 is 9.62 Å². The SMILES string of the molecule is CCC(=O)Nc1c(C)noc1/C=C\c1ccc(S(=O)(=O)N(C)c2ccc(C)c(C)c2)cc1. The maximum Gasteiger partial charge on any atom is 0.264 e. The van der Waals surface area contributed by atoms with Crippen molar-refractivity contribution in [2.75, 3.05) is 16.7 Å². The van der Waals surface area contributed by atoms with E-state index in [1.54, 1.807) is 63.4 Å². The smallest absolute Gasteiger partial charge is 0.264 e. The van der Waals surface area contributed by atoms with Gasteiger partial charge in [0.2, 0.25) is 5.91 Å². The van der Waals surface area contributed by atoms with E-state index in [-0.39, 0.29) is 10.8 Å². The summed E-state index contributed by atoms with van der Waals surface area (Å²) in [6.45, 7) is 7.45. The molecule has 0 radical (unpaired) electrons. The highest BCUT2D eigenvalue weighted by atomic mass is 32.2. The van der Waals surface area contributed by atoms with E-state index in [2.05, 4.69) is 10.5 Å². The molecule has 3 aromatic rings. The van der Waals surface area contributed by atoms with E-state index in [4.69, 9.17) is 4.52 Å². The number of rotatable bonds is 7. The van der Waals surface area contributed by atoms with Crippen LogP contribution in [0.4, 0.5) is 11.4 Å². The summed E-state index contributed by atoms with van der Waals surface area (Å²) in [5.41, 5.74) is 4.64. The molecule has 0 spiro atoms. The van der Waals surface area contributed by atoms with Crippen molar-refractivity contribution in [1.29, 1.82) is 0 Å². The molecule has 32 heavy (non-hydrogen) atoms. The van der Waals surface area contributed by atoms with Gasteiger partial charge in [0.15, 0.2) is 5.76 Å². The predicted molar refractivity (Wildman–Crippen MR) is 127 cm³/mol. The first kappa shape index (κ1) is 23.3. The van der Waals surface area contributed by atoms with Gasteiger partial charge in [0.1, 0.15) is 11.4 Å². The molecule has 0 saturated carbocycles. The lowest BCUT2D eigenvalue weighted by molar-refractivity contribution is -0.115. The molecule has 0 saturated heterocycles. The third-order valence-corrected chi connectivity index (χ3v) is 7.09. The van der Waals surface area contributed by atoms with Crippen LogP contribution in [0.1, 0.15) is 41.5 Å². The van der Waals surface area contributed by atoms with Gasteiger partial charge in [-0.1, -0.05) is 36.4 Å². The zero-order chi connectivity index (χ0) is 23.5. The molecule has 168 valence electrons. The average molecular weight is 454 g/mol. The first-order valence-electron chi connectivity index (χ1n) is 10.2. The first-order valence-corrected chi connectivity index (χ1v) is 11.7. The number of hydrogen-bond acceptors (Lipinski definition) is 5. The van der Waals surface area contributed by atoms with Crippen molar-refractivity contribution in [3.05, 3.63) is 70.6 Å². The first-order chi connectivity index (χ1) is 15.1. The number of nitrogens with one attached hydrogen (secondary N) is 1. The van der Waals surface area contributed by atoms with Crippen molar-refractivity contribution in [2.24, 2.45) is 0 Å². The van der Waals surface area contributed by atoms with Gasteiger partial charge in [-0.3, -0.25) is 9.10 Å². The van der Waals surface area contributed by atoms with Gasteiger partial charge in [-0.2, -0.15) is 0 Å². The molecule has 1 heterocycles. The van der Waals surface area contributed by atoms with Crippen molar-refractivity contribution < 1.29 is 17.7 Å². The molecule has 7 nitrogen and oxygen atoms in total. The van der Waals surface area contributed by atoms with Crippen molar-refractivity contribution in [2.45, 2.75) is 39.0 Å². The predicted octanol–water partition coefficient (Wildman–Crippen LogP) is 4.94. The van der Waals surface area contributed by atoms with E-state index in [0.717, 1.165) is 16.7 Å². The zero-order valence-electron chi connectivity index (χ0n) is 18.8. The number of amides is 1. The second-order valence-electron chi connectivity index (χ2n) is 7.55. The fourth-order valence-corrected chi connectivity index (χ4v) is 4.21. The molecule has 3 rings (SSSR count). The number of aromatic nitrogens is 1. The summed E-state index contributed by atoms with van der Waals surface area (Å²) in [7, 11) is -2.14. The minimum Gasteiger partial charge on any atom is -0.354 e. The van der Waals surface area contributed by atoms with Gasteiger partial charge >= 0.3 is 0 Å². The Morgan fingerprint density at radius 3 is 2.38 bits per heavy atom. The number of anilines is 2. The van der Waals surface area contributed by atoms with Crippen molar-refractivity contribution >= 4 is 39.5 Å². The molecule has 0 bridgehead atoms. The molecule has 0 aliphatic carbocycles. The molecule has 2 aromatic carbocycles. The molecular formula is C24H27N3O4S. The molecular weight excluding hydrogens is 426 g/mol. The van der Waals surface area contributed by atoms with E-state index >= 15 is 0 Å². The van der Waals surface area contributed by atoms with Crippen LogP contribution in [-0.4, -0.2) is 26.5 Å². The highest BCUT2D eigenvalue weighted by Crippen LogP contribution is 2.26. The number of nitrogens with zero attached hydrogens (tertiary/aromatic N) is 2. The highest BCUT2D eigenvalue weighted by Gasteiger charge is 2.21. The zero-order valence-corrected chi connectivity index (χ0v) is 19.7. The Morgan fingerprint density at radius 1 is 1.06 bits per heavy atom. The van der Waals surface area contributed by atoms with Crippen LogP contribution in [0.3, 0.4) is 0 Å². The number of aryl methyl sites for hydroxylation is 3. The Bertz CT molecular complexity index is 1260. The molecule has 0 aliphatic rings. The molecule has 1 amide bonds. The largest absolute Gasteiger partial charge is 0.354 e. The second-order valence-corrected chi connectivity index (χ2v) is 9.52. The Kier molecular flexibility index (Phi) is 6.84. The molecule has 8 heteroatoms. The third kappa shape index (κ3) is 4.91. The van der Waals surface area contributed by atoms with Crippen LogP contribution in [-0.2, 0) is 14.8 Å². The summed E-state index contributed by atoms with van der Waals surface area (Å²) < 4.78 is 32.7. The van der Waals surface area contributed by atoms with Crippen LogP contribution in [0, 0.1) is 20.8 Å². The second kappa shape index (κ2) is 9.40. The van der Waals surface area contributed by atoms with Crippen molar-refractivity contribution in [3.63, 3.8) is 0 Å². The van der Waals surface area contributed by atoms with E-state index in [1.807, 2.05) is 26.0 Å². The minimum absolute atomic E-state index is 0.131. The molecule has 0 unspecified atom stereocenters. The van der Waals surface area contributed by atoms with Crippen molar-refractivity contribution in [3.8, 4) is 0 Å². The summed E-state index contributed by atoms with van der Waals surface area (Å²) in [4.78, 5) is 11.9. The quantitative estimate of drug-likeness (QED) is 0.547. The molecule has 0 fully saturated rings. The van der Waals surface area contributed by atoms with E-state index in [0.29, 0.717) is 29.2 Å². The van der Waals surface area contributed by atoms with E-state index < -0.39 is 10.0 Å². The summed E-state index contributed by atoms with van der Waals surface area (Å²) >= 11 is 0. The van der Waals surface area contributed by atoms with Crippen LogP contribution in [0.5, 0.6) is 0 Å². The van der Waals surface area contributed by atoms with Gasteiger partial charge in [-0.05, 0) is 67.8 Å². The van der Waals surface area contributed by atoms with Gasteiger partial charge in [0, 0.05) is 13.5 Å². The van der Waals surface area contributed by atoms with Gasteiger partial charge in [0.05, 0.1) is 10.6 Å². The Labute approximate surface area is 188 Å². The third-order valence-electron chi connectivity index (χ3n) is 5.29. The lowest BCUT2D eigenvalue weighted by Gasteiger charge is -2.20. The normalized spacial score (nSPS) is 11.7. The minimum atomic E-state index is -3.69. The summed E-state index contributed by atoms with van der Waals surface area (Å²) in [5.74, 6) is 0.295. The number of carbonyl (C=O) groups is 1. The van der Waals surface area contributed by atoms with Crippen LogP contribution in [0.2, 0.25) is 0 Å². The lowest BCUT2D eigenvalue weighted by atomic mass is 10.1. The maximum absolute atomic E-state index is 13.0. The number of sulfonamides is 1. The number of hydrogen-bond donors (Lipinski definition) is 1. The van der Waals surface area contributed by atoms with E-state index in [1.165, 1.54) is 4.31 Å². The van der Waals surface area contributed by atoms with Crippen molar-refractivity contribution in [1.82, 2.24) is 5.16 Å². The topological polar surface area (TPSA) is 92.5 Å². The molecule has 1 aromatic heterocycles.